The number of hydrogen-bond donors (Lipinski definition) is 0. The van der Waals surface area contributed by atoms with Gasteiger partial charge < -0.3 is 4.90 Å². The maximum absolute atomic E-state index is 4.35. The van der Waals surface area contributed by atoms with Gasteiger partial charge in [-0.05, 0) is 13.0 Å². The van der Waals surface area contributed by atoms with Gasteiger partial charge in [-0.2, -0.15) is 9.47 Å². The van der Waals surface area contributed by atoms with E-state index in [1.165, 1.54) is 11.5 Å². The molecule has 2 aromatic heterocycles. The molecule has 5 nitrogen and oxygen atoms in total. The largest absolute Gasteiger partial charge is 0.342 e. The first-order valence-corrected chi connectivity index (χ1v) is 5.64. The Morgan fingerprint density at radius 1 is 1.47 bits per heavy atom. The van der Waals surface area contributed by atoms with Crippen LogP contribution in [0.2, 0.25) is 0 Å². The molecular formula is C9H11N5S. The minimum absolute atomic E-state index is 0.490. The van der Waals surface area contributed by atoms with Crippen molar-refractivity contribution in [3.63, 3.8) is 0 Å². The maximum atomic E-state index is 4.35. The highest BCUT2D eigenvalue weighted by atomic mass is 32.1. The summed E-state index contributed by atoms with van der Waals surface area (Å²) in [5, 5.41) is 5.25. The number of nitrogens with zero attached hydrogens (tertiary/aromatic N) is 5. The number of rotatable bonds is 2. The average Bonchev–Trinajstić information content (AvgIpc) is 2.74. The molecule has 0 spiro atoms. The second kappa shape index (κ2) is 3.30. The van der Waals surface area contributed by atoms with Crippen molar-refractivity contribution in [2.24, 2.45) is 0 Å². The fourth-order valence-corrected chi connectivity index (χ4v) is 2.38. The summed E-state index contributed by atoms with van der Waals surface area (Å²) in [5.74, 6) is 0.859. The molecule has 0 aromatic carbocycles. The molecule has 1 saturated heterocycles. The van der Waals surface area contributed by atoms with Crippen LogP contribution in [0.15, 0.2) is 18.5 Å². The SMILES string of the molecule is Cc1nsc(N2CC(n3cccn3)C2)n1. The summed E-state index contributed by atoms with van der Waals surface area (Å²) in [4.78, 5) is 6.59. The first-order chi connectivity index (χ1) is 7.33. The molecule has 0 atom stereocenters. The minimum Gasteiger partial charge on any atom is -0.342 e. The van der Waals surface area contributed by atoms with Gasteiger partial charge in [0.25, 0.3) is 0 Å². The predicted molar refractivity (Wildman–Crippen MR) is 58.1 cm³/mol. The summed E-state index contributed by atoms with van der Waals surface area (Å²) < 4.78 is 6.18. The third kappa shape index (κ3) is 1.50. The van der Waals surface area contributed by atoms with Crippen LogP contribution in [0.3, 0.4) is 0 Å². The summed E-state index contributed by atoms with van der Waals surface area (Å²) in [6, 6.07) is 2.45. The van der Waals surface area contributed by atoms with Crippen LogP contribution in [0.1, 0.15) is 11.9 Å². The average molecular weight is 221 g/mol. The second-order valence-electron chi connectivity index (χ2n) is 3.67. The van der Waals surface area contributed by atoms with E-state index in [2.05, 4.69) is 19.4 Å². The summed E-state index contributed by atoms with van der Waals surface area (Å²) >= 11 is 1.47. The highest BCUT2D eigenvalue weighted by Gasteiger charge is 2.30. The Hall–Kier alpha value is -1.43. The summed E-state index contributed by atoms with van der Waals surface area (Å²) in [7, 11) is 0. The van der Waals surface area contributed by atoms with E-state index in [9.17, 15) is 0 Å². The molecule has 0 bridgehead atoms. The standard InChI is InChI=1S/C9H11N5S/c1-7-11-9(15-12-7)13-5-8(6-13)14-4-2-3-10-14/h2-4,8H,5-6H2,1H3. The fourth-order valence-electron chi connectivity index (χ4n) is 1.69. The minimum atomic E-state index is 0.490. The molecule has 15 heavy (non-hydrogen) atoms. The van der Waals surface area contributed by atoms with Crippen molar-refractivity contribution < 1.29 is 0 Å². The molecule has 0 N–H and O–H groups in total. The Kier molecular flexibility index (Phi) is 1.95. The van der Waals surface area contributed by atoms with Crippen LogP contribution >= 0.6 is 11.5 Å². The van der Waals surface area contributed by atoms with Crippen LogP contribution in [0.4, 0.5) is 5.13 Å². The van der Waals surface area contributed by atoms with Crippen molar-refractivity contribution in [1.82, 2.24) is 19.1 Å². The molecule has 3 rings (SSSR count). The van der Waals surface area contributed by atoms with Crippen molar-refractivity contribution in [2.75, 3.05) is 18.0 Å². The molecule has 1 fully saturated rings. The molecule has 6 heteroatoms. The maximum Gasteiger partial charge on any atom is 0.205 e. The Bertz CT molecular complexity index is 443. The molecule has 0 aliphatic carbocycles. The molecular weight excluding hydrogens is 210 g/mol. The van der Waals surface area contributed by atoms with Crippen LogP contribution < -0.4 is 4.90 Å². The molecule has 3 heterocycles. The zero-order valence-electron chi connectivity index (χ0n) is 8.37. The van der Waals surface area contributed by atoms with E-state index in [4.69, 9.17) is 0 Å². The first kappa shape index (κ1) is 8.84. The predicted octanol–water partition coefficient (Wildman–Crippen LogP) is 1.10. The Morgan fingerprint density at radius 3 is 2.93 bits per heavy atom. The third-order valence-corrected chi connectivity index (χ3v) is 3.42. The lowest BCUT2D eigenvalue weighted by atomic mass is 10.1. The molecule has 2 aromatic rings. The van der Waals surface area contributed by atoms with E-state index in [0.29, 0.717) is 6.04 Å². The summed E-state index contributed by atoms with van der Waals surface area (Å²) in [5.41, 5.74) is 0. The summed E-state index contributed by atoms with van der Waals surface area (Å²) in [6.07, 6.45) is 3.82. The van der Waals surface area contributed by atoms with Gasteiger partial charge in [-0.3, -0.25) is 4.68 Å². The van der Waals surface area contributed by atoms with E-state index < -0.39 is 0 Å². The highest BCUT2D eigenvalue weighted by molar-refractivity contribution is 7.09. The highest BCUT2D eigenvalue weighted by Crippen LogP contribution is 2.28. The Balaban J connectivity index is 1.67. The number of aromatic nitrogens is 4. The zero-order chi connectivity index (χ0) is 10.3. The van der Waals surface area contributed by atoms with E-state index in [-0.39, 0.29) is 0 Å². The van der Waals surface area contributed by atoms with Crippen LogP contribution in [0.5, 0.6) is 0 Å². The lowest BCUT2D eigenvalue weighted by Crippen LogP contribution is -2.47. The van der Waals surface area contributed by atoms with Gasteiger partial charge in [0.05, 0.1) is 6.04 Å². The molecule has 0 amide bonds. The third-order valence-electron chi connectivity index (χ3n) is 2.55. The lowest BCUT2D eigenvalue weighted by molar-refractivity contribution is 0.368. The summed E-state index contributed by atoms with van der Waals surface area (Å²) in [6.45, 7) is 3.89. The molecule has 0 unspecified atom stereocenters. The van der Waals surface area contributed by atoms with E-state index >= 15 is 0 Å². The molecule has 1 aliphatic heterocycles. The Morgan fingerprint density at radius 2 is 2.33 bits per heavy atom. The van der Waals surface area contributed by atoms with Gasteiger partial charge in [-0.15, -0.1) is 0 Å². The van der Waals surface area contributed by atoms with Gasteiger partial charge in [0.2, 0.25) is 5.13 Å². The van der Waals surface area contributed by atoms with Crippen molar-refractivity contribution in [2.45, 2.75) is 13.0 Å². The van der Waals surface area contributed by atoms with E-state index in [0.717, 1.165) is 24.0 Å². The number of aryl methyl sites for hydroxylation is 1. The lowest BCUT2D eigenvalue weighted by Gasteiger charge is -2.38. The van der Waals surface area contributed by atoms with Crippen LogP contribution in [0, 0.1) is 6.92 Å². The van der Waals surface area contributed by atoms with Gasteiger partial charge in [-0.25, -0.2) is 4.98 Å². The van der Waals surface area contributed by atoms with Crippen LogP contribution in [-0.2, 0) is 0 Å². The number of hydrogen-bond acceptors (Lipinski definition) is 5. The van der Waals surface area contributed by atoms with Gasteiger partial charge in [-0.1, -0.05) is 0 Å². The number of anilines is 1. The smallest absolute Gasteiger partial charge is 0.205 e. The van der Waals surface area contributed by atoms with Crippen LogP contribution in [0.25, 0.3) is 0 Å². The first-order valence-electron chi connectivity index (χ1n) is 4.87. The van der Waals surface area contributed by atoms with E-state index in [1.807, 2.05) is 30.1 Å². The van der Waals surface area contributed by atoms with Gasteiger partial charge in [0.1, 0.15) is 5.82 Å². The van der Waals surface area contributed by atoms with Crippen LogP contribution in [-0.4, -0.2) is 32.2 Å². The molecule has 78 valence electrons. The quantitative estimate of drug-likeness (QED) is 0.762. The zero-order valence-corrected chi connectivity index (χ0v) is 9.18. The van der Waals surface area contributed by atoms with Gasteiger partial charge >= 0.3 is 0 Å². The van der Waals surface area contributed by atoms with Crippen molar-refractivity contribution in [3.05, 3.63) is 24.3 Å². The molecule has 1 aliphatic rings. The van der Waals surface area contributed by atoms with Crippen molar-refractivity contribution >= 4 is 16.7 Å². The van der Waals surface area contributed by atoms with E-state index in [1.54, 1.807) is 0 Å². The van der Waals surface area contributed by atoms with Crippen molar-refractivity contribution in [3.8, 4) is 0 Å². The normalized spacial score (nSPS) is 16.7. The van der Waals surface area contributed by atoms with Gasteiger partial charge in [0.15, 0.2) is 0 Å². The molecule has 0 saturated carbocycles. The molecule has 0 radical (unpaired) electrons. The monoisotopic (exact) mass is 221 g/mol. The topological polar surface area (TPSA) is 46.8 Å². The van der Waals surface area contributed by atoms with Gasteiger partial charge in [0, 0.05) is 37.0 Å². The fraction of sp³-hybridized carbons (Fsp3) is 0.444. The van der Waals surface area contributed by atoms with Crippen molar-refractivity contribution in [1.29, 1.82) is 0 Å². The Labute approximate surface area is 91.5 Å². The second-order valence-corrected chi connectivity index (χ2v) is 4.40.